The number of nitrogens with one attached hydrogen (secondary N) is 1. The van der Waals surface area contributed by atoms with Crippen LogP contribution in [0.5, 0.6) is 5.75 Å². The summed E-state index contributed by atoms with van der Waals surface area (Å²) >= 11 is 0. The van der Waals surface area contributed by atoms with Crippen LogP contribution in [-0.4, -0.2) is 34.1 Å². The molecule has 0 fully saturated rings. The van der Waals surface area contributed by atoms with Gasteiger partial charge >= 0.3 is 0 Å². The first-order chi connectivity index (χ1) is 9.15. The van der Waals surface area contributed by atoms with Crippen molar-refractivity contribution in [3.05, 3.63) is 42.5 Å². The highest BCUT2D eigenvalue weighted by Gasteiger charge is 2.08. The lowest BCUT2D eigenvalue weighted by Crippen LogP contribution is -2.26. The van der Waals surface area contributed by atoms with E-state index in [1.807, 2.05) is 7.05 Å². The summed E-state index contributed by atoms with van der Waals surface area (Å²) in [4.78, 5) is 0. The SMILES string of the molecule is Cn1cc(NCC(O)COc2ccccc2F)cn1. The fourth-order valence-electron chi connectivity index (χ4n) is 1.55. The summed E-state index contributed by atoms with van der Waals surface area (Å²) in [6.07, 6.45) is 2.72. The Morgan fingerprint density at radius 1 is 1.47 bits per heavy atom. The fraction of sp³-hybridized carbons (Fsp3) is 0.308. The van der Waals surface area contributed by atoms with E-state index in [0.29, 0.717) is 6.54 Å². The summed E-state index contributed by atoms with van der Waals surface area (Å²) in [6, 6.07) is 6.10. The molecule has 0 aliphatic heterocycles. The number of rotatable bonds is 6. The summed E-state index contributed by atoms with van der Waals surface area (Å²) in [7, 11) is 1.81. The van der Waals surface area contributed by atoms with Crippen molar-refractivity contribution in [1.29, 1.82) is 0 Å². The van der Waals surface area contributed by atoms with E-state index in [0.717, 1.165) is 5.69 Å². The molecule has 0 saturated heterocycles. The highest BCUT2D eigenvalue weighted by molar-refractivity contribution is 5.38. The van der Waals surface area contributed by atoms with Crippen LogP contribution in [0.4, 0.5) is 10.1 Å². The van der Waals surface area contributed by atoms with Crippen LogP contribution in [0.3, 0.4) is 0 Å². The average Bonchev–Trinajstić information content (AvgIpc) is 2.81. The van der Waals surface area contributed by atoms with Crippen molar-refractivity contribution in [1.82, 2.24) is 9.78 Å². The highest BCUT2D eigenvalue weighted by atomic mass is 19.1. The van der Waals surface area contributed by atoms with Gasteiger partial charge in [-0.15, -0.1) is 0 Å². The molecule has 5 nitrogen and oxygen atoms in total. The minimum Gasteiger partial charge on any atom is -0.488 e. The van der Waals surface area contributed by atoms with Gasteiger partial charge in [-0.1, -0.05) is 12.1 Å². The second-order valence-electron chi connectivity index (χ2n) is 4.18. The Morgan fingerprint density at radius 2 is 2.26 bits per heavy atom. The van der Waals surface area contributed by atoms with Crippen molar-refractivity contribution in [2.75, 3.05) is 18.5 Å². The van der Waals surface area contributed by atoms with Crippen LogP contribution >= 0.6 is 0 Å². The molecule has 0 aliphatic carbocycles. The number of aryl methyl sites for hydroxylation is 1. The number of hydrogen-bond acceptors (Lipinski definition) is 4. The molecule has 19 heavy (non-hydrogen) atoms. The summed E-state index contributed by atoms with van der Waals surface area (Å²) < 4.78 is 20.1. The molecule has 0 saturated carbocycles. The molecular formula is C13H16FN3O2. The van der Waals surface area contributed by atoms with E-state index < -0.39 is 11.9 Å². The first-order valence-corrected chi connectivity index (χ1v) is 5.93. The van der Waals surface area contributed by atoms with Crippen LogP contribution in [0, 0.1) is 5.82 Å². The molecule has 1 aromatic carbocycles. The molecule has 2 rings (SSSR count). The monoisotopic (exact) mass is 265 g/mol. The summed E-state index contributed by atoms with van der Waals surface area (Å²) in [5.74, 6) is -0.294. The van der Waals surface area contributed by atoms with E-state index in [4.69, 9.17) is 4.74 Å². The van der Waals surface area contributed by atoms with Gasteiger partial charge in [0.05, 0.1) is 11.9 Å². The summed E-state index contributed by atoms with van der Waals surface area (Å²) in [6.45, 7) is 0.328. The zero-order chi connectivity index (χ0) is 13.7. The lowest BCUT2D eigenvalue weighted by molar-refractivity contribution is 0.115. The molecule has 102 valence electrons. The number of halogens is 1. The molecular weight excluding hydrogens is 249 g/mol. The standard InChI is InChI=1S/C13H16FN3O2/c1-17-8-10(6-16-17)15-7-11(18)9-19-13-5-3-2-4-12(13)14/h2-6,8,11,15,18H,7,9H2,1H3. The number of benzene rings is 1. The maximum atomic E-state index is 13.3. The van der Waals surface area contributed by atoms with Crippen LogP contribution in [0.25, 0.3) is 0 Å². The molecule has 0 radical (unpaired) electrons. The zero-order valence-electron chi connectivity index (χ0n) is 10.6. The maximum Gasteiger partial charge on any atom is 0.165 e. The van der Waals surface area contributed by atoms with Gasteiger partial charge in [0.15, 0.2) is 11.6 Å². The van der Waals surface area contributed by atoms with Gasteiger partial charge < -0.3 is 15.2 Å². The highest BCUT2D eigenvalue weighted by Crippen LogP contribution is 2.15. The molecule has 1 unspecified atom stereocenters. The number of ether oxygens (including phenoxy) is 1. The average molecular weight is 265 g/mol. The van der Waals surface area contributed by atoms with Crippen LogP contribution in [0.2, 0.25) is 0 Å². The van der Waals surface area contributed by atoms with E-state index in [-0.39, 0.29) is 12.4 Å². The number of aliphatic hydroxyl groups is 1. The smallest absolute Gasteiger partial charge is 0.165 e. The molecule has 2 aromatic rings. The van der Waals surface area contributed by atoms with Gasteiger partial charge in [0.2, 0.25) is 0 Å². The largest absolute Gasteiger partial charge is 0.488 e. The van der Waals surface area contributed by atoms with Crippen LogP contribution < -0.4 is 10.1 Å². The predicted octanol–water partition coefficient (Wildman–Crippen LogP) is 1.41. The van der Waals surface area contributed by atoms with E-state index in [2.05, 4.69) is 10.4 Å². The number of hydrogen-bond donors (Lipinski definition) is 2. The topological polar surface area (TPSA) is 59.3 Å². The van der Waals surface area contributed by atoms with E-state index in [1.54, 1.807) is 29.2 Å². The van der Waals surface area contributed by atoms with Crippen molar-refractivity contribution in [3.63, 3.8) is 0 Å². The third kappa shape index (κ3) is 3.96. The molecule has 0 amide bonds. The van der Waals surface area contributed by atoms with Gasteiger partial charge in [-0.3, -0.25) is 4.68 Å². The number of anilines is 1. The Kier molecular flexibility index (Phi) is 4.35. The number of aromatic nitrogens is 2. The molecule has 6 heteroatoms. The van der Waals surface area contributed by atoms with Crippen molar-refractivity contribution in [2.24, 2.45) is 7.05 Å². The Labute approximate surface area is 110 Å². The van der Waals surface area contributed by atoms with Gasteiger partial charge in [-0.2, -0.15) is 5.10 Å². The van der Waals surface area contributed by atoms with Crippen molar-refractivity contribution >= 4 is 5.69 Å². The quantitative estimate of drug-likeness (QED) is 0.829. The second kappa shape index (κ2) is 6.19. The third-order valence-corrected chi connectivity index (χ3v) is 2.51. The fourth-order valence-corrected chi connectivity index (χ4v) is 1.55. The maximum absolute atomic E-state index is 13.3. The lowest BCUT2D eigenvalue weighted by Gasteiger charge is -2.13. The predicted molar refractivity (Wildman–Crippen MR) is 69.6 cm³/mol. The molecule has 1 atom stereocenters. The Hall–Kier alpha value is -2.08. The first kappa shape index (κ1) is 13.4. The van der Waals surface area contributed by atoms with Gasteiger partial charge in [-0.25, -0.2) is 4.39 Å². The van der Waals surface area contributed by atoms with Gasteiger partial charge in [0, 0.05) is 19.8 Å². The first-order valence-electron chi connectivity index (χ1n) is 5.93. The molecule has 0 spiro atoms. The minimum absolute atomic E-state index is 0.0220. The van der Waals surface area contributed by atoms with Crippen molar-refractivity contribution in [2.45, 2.75) is 6.10 Å². The molecule has 0 bridgehead atoms. The summed E-state index contributed by atoms with van der Waals surface area (Å²) in [5.41, 5.74) is 0.812. The van der Waals surface area contributed by atoms with Gasteiger partial charge in [0.1, 0.15) is 12.7 Å². The van der Waals surface area contributed by atoms with E-state index in [9.17, 15) is 9.50 Å². The van der Waals surface area contributed by atoms with Gasteiger partial charge in [0.25, 0.3) is 0 Å². The number of para-hydroxylation sites is 1. The van der Waals surface area contributed by atoms with Crippen LogP contribution in [0.1, 0.15) is 0 Å². The molecule has 2 N–H and O–H groups in total. The molecule has 1 heterocycles. The molecule has 1 aromatic heterocycles. The Balaban J connectivity index is 1.76. The van der Waals surface area contributed by atoms with Crippen molar-refractivity contribution < 1.29 is 14.2 Å². The van der Waals surface area contributed by atoms with Crippen LogP contribution in [-0.2, 0) is 7.05 Å². The van der Waals surface area contributed by atoms with E-state index >= 15 is 0 Å². The van der Waals surface area contributed by atoms with Gasteiger partial charge in [-0.05, 0) is 12.1 Å². The Bertz CT molecular complexity index is 530. The lowest BCUT2D eigenvalue weighted by atomic mass is 10.3. The van der Waals surface area contributed by atoms with Crippen molar-refractivity contribution in [3.8, 4) is 5.75 Å². The number of nitrogens with zero attached hydrogens (tertiary/aromatic N) is 2. The Morgan fingerprint density at radius 3 is 2.95 bits per heavy atom. The third-order valence-electron chi connectivity index (χ3n) is 2.51. The summed E-state index contributed by atoms with van der Waals surface area (Å²) in [5, 5.41) is 16.7. The minimum atomic E-state index is -0.736. The number of aliphatic hydroxyl groups excluding tert-OH is 1. The van der Waals surface area contributed by atoms with Crippen LogP contribution in [0.15, 0.2) is 36.7 Å². The zero-order valence-corrected chi connectivity index (χ0v) is 10.6. The normalized spacial score (nSPS) is 12.2. The molecule has 0 aliphatic rings. The second-order valence-corrected chi connectivity index (χ2v) is 4.18. The van der Waals surface area contributed by atoms with E-state index in [1.165, 1.54) is 12.1 Å².